The van der Waals surface area contributed by atoms with Crippen molar-refractivity contribution in [3.8, 4) is 0 Å². The summed E-state index contributed by atoms with van der Waals surface area (Å²) in [4.78, 5) is 13.8. The number of hydrogen-bond acceptors (Lipinski definition) is 2. The standard InChI is InChI=1S/C13H16ClFN2O/c14-11-3-1-2-10(8-11)12(18)17-6-4-13(15,9-16)5-7-17/h1-3,8H,4-7,9,16H2. The molecule has 1 heterocycles. The van der Waals surface area contributed by atoms with Crippen LogP contribution < -0.4 is 5.73 Å². The molecule has 3 nitrogen and oxygen atoms in total. The van der Waals surface area contributed by atoms with Crippen LogP contribution in [0.1, 0.15) is 23.2 Å². The second kappa shape index (κ2) is 5.24. The maximum atomic E-state index is 13.9. The second-order valence-corrected chi connectivity index (χ2v) is 5.09. The molecule has 2 rings (SSSR count). The minimum Gasteiger partial charge on any atom is -0.338 e. The second-order valence-electron chi connectivity index (χ2n) is 4.66. The third-order valence-corrected chi connectivity index (χ3v) is 3.62. The van der Waals surface area contributed by atoms with Crippen LogP contribution >= 0.6 is 11.6 Å². The minimum absolute atomic E-state index is 0.0200. The summed E-state index contributed by atoms with van der Waals surface area (Å²) in [5.41, 5.74) is 4.62. The first kappa shape index (κ1) is 13.3. The van der Waals surface area contributed by atoms with E-state index in [1.54, 1.807) is 29.2 Å². The Kier molecular flexibility index (Phi) is 3.88. The molecule has 1 aliphatic heterocycles. The zero-order chi connectivity index (χ0) is 13.2. The van der Waals surface area contributed by atoms with Gasteiger partial charge in [0.2, 0.25) is 0 Å². The molecule has 0 spiro atoms. The van der Waals surface area contributed by atoms with E-state index in [-0.39, 0.29) is 12.5 Å². The van der Waals surface area contributed by atoms with Gasteiger partial charge in [0, 0.05) is 43.1 Å². The molecule has 18 heavy (non-hydrogen) atoms. The van der Waals surface area contributed by atoms with E-state index >= 15 is 0 Å². The van der Waals surface area contributed by atoms with Crippen molar-refractivity contribution in [1.82, 2.24) is 4.90 Å². The maximum absolute atomic E-state index is 13.9. The fourth-order valence-corrected chi connectivity index (χ4v) is 2.31. The molecule has 0 bridgehead atoms. The van der Waals surface area contributed by atoms with Crippen molar-refractivity contribution in [2.24, 2.45) is 5.73 Å². The van der Waals surface area contributed by atoms with Crippen molar-refractivity contribution < 1.29 is 9.18 Å². The molecular weight excluding hydrogens is 255 g/mol. The molecule has 0 saturated carbocycles. The number of piperidine rings is 1. The van der Waals surface area contributed by atoms with Crippen molar-refractivity contribution in [3.63, 3.8) is 0 Å². The fraction of sp³-hybridized carbons (Fsp3) is 0.462. The number of nitrogens with zero attached hydrogens (tertiary/aromatic N) is 1. The summed E-state index contributed by atoms with van der Waals surface area (Å²) in [7, 11) is 0. The Morgan fingerprint density at radius 2 is 2.11 bits per heavy atom. The fourth-order valence-electron chi connectivity index (χ4n) is 2.12. The van der Waals surface area contributed by atoms with Crippen molar-refractivity contribution in [1.29, 1.82) is 0 Å². The Bertz CT molecular complexity index is 444. The number of amides is 1. The third-order valence-electron chi connectivity index (χ3n) is 3.38. The van der Waals surface area contributed by atoms with E-state index in [9.17, 15) is 9.18 Å². The lowest BCUT2D eigenvalue weighted by atomic mass is 9.93. The number of hydrogen-bond donors (Lipinski definition) is 1. The number of carbonyl (C=O) groups excluding carboxylic acids is 1. The first-order valence-corrected chi connectivity index (χ1v) is 6.36. The Morgan fingerprint density at radius 1 is 1.44 bits per heavy atom. The lowest BCUT2D eigenvalue weighted by molar-refractivity contribution is 0.0469. The van der Waals surface area contributed by atoms with Crippen molar-refractivity contribution >= 4 is 17.5 Å². The Hall–Kier alpha value is -1.13. The van der Waals surface area contributed by atoms with E-state index in [2.05, 4.69) is 0 Å². The average molecular weight is 271 g/mol. The molecule has 0 radical (unpaired) electrons. The van der Waals surface area contributed by atoms with Crippen LogP contribution in [0.2, 0.25) is 5.02 Å². The SMILES string of the molecule is NCC1(F)CCN(C(=O)c2cccc(Cl)c2)CC1. The number of benzene rings is 1. The predicted molar refractivity (Wildman–Crippen MR) is 69.5 cm³/mol. The summed E-state index contributed by atoms with van der Waals surface area (Å²) in [6, 6.07) is 6.80. The first-order chi connectivity index (χ1) is 8.54. The van der Waals surface area contributed by atoms with Crippen LogP contribution in [-0.4, -0.2) is 36.1 Å². The lowest BCUT2D eigenvalue weighted by Gasteiger charge is -2.35. The quantitative estimate of drug-likeness (QED) is 0.896. The average Bonchev–Trinajstić information content (AvgIpc) is 2.39. The highest BCUT2D eigenvalue weighted by Crippen LogP contribution is 2.26. The molecule has 2 N–H and O–H groups in total. The highest BCUT2D eigenvalue weighted by Gasteiger charge is 2.34. The molecule has 1 amide bonds. The van der Waals surface area contributed by atoms with Gasteiger partial charge in [-0.15, -0.1) is 0 Å². The Morgan fingerprint density at radius 3 is 2.67 bits per heavy atom. The third kappa shape index (κ3) is 2.82. The molecule has 1 aliphatic rings. The summed E-state index contributed by atoms with van der Waals surface area (Å²) in [6.07, 6.45) is 0.603. The summed E-state index contributed by atoms with van der Waals surface area (Å²) in [5.74, 6) is -0.100. The van der Waals surface area contributed by atoms with Gasteiger partial charge in [-0.2, -0.15) is 0 Å². The van der Waals surface area contributed by atoms with E-state index in [0.717, 1.165) is 0 Å². The number of rotatable bonds is 2. The van der Waals surface area contributed by atoms with Crippen LogP contribution in [0.15, 0.2) is 24.3 Å². The normalized spacial score (nSPS) is 18.7. The molecule has 1 aromatic carbocycles. The molecule has 0 atom stereocenters. The van der Waals surface area contributed by atoms with E-state index in [1.807, 2.05) is 0 Å². The smallest absolute Gasteiger partial charge is 0.253 e. The number of alkyl halides is 1. The van der Waals surface area contributed by atoms with E-state index in [1.165, 1.54) is 0 Å². The van der Waals surface area contributed by atoms with Gasteiger partial charge in [0.1, 0.15) is 5.67 Å². The molecule has 0 unspecified atom stereocenters. The molecule has 1 aromatic rings. The molecule has 1 saturated heterocycles. The van der Waals surface area contributed by atoms with Gasteiger partial charge in [-0.25, -0.2) is 4.39 Å². The monoisotopic (exact) mass is 270 g/mol. The van der Waals surface area contributed by atoms with Crippen LogP contribution in [-0.2, 0) is 0 Å². The van der Waals surface area contributed by atoms with Gasteiger partial charge in [-0.05, 0) is 18.2 Å². The van der Waals surface area contributed by atoms with Gasteiger partial charge in [0.05, 0.1) is 0 Å². The zero-order valence-corrected chi connectivity index (χ0v) is 10.8. The van der Waals surface area contributed by atoms with Gasteiger partial charge >= 0.3 is 0 Å². The lowest BCUT2D eigenvalue weighted by Crippen LogP contribution is -2.47. The van der Waals surface area contributed by atoms with Crippen molar-refractivity contribution in [3.05, 3.63) is 34.9 Å². The van der Waals surface area contributed by atoms with E-state index in [4.69, 9.17) is 17.3 Å². The highest BCUT2D eigenvalue weighted by atomic mass is 35.5. The number of likely N-dealkylation sites (tertiary alicyclic amines) is 1. The van der Waals surface area contributed by atoms with Crippen LogP contribution in [0.3, 0.4) is 0 Å². The number of halogens is 2. The largest absolute Gasteiger partial charge is 0.338 e. The van der Waals surface area contributed by atoms with Crippen LogP contribution in [0.5, 0.6) is 0 Å². The Labute approximate surface area is 111 Å². The van der Waals surface area contributed by atoms with Gasteiger partial charge in [0.25, 0.3) is 5.91 Å². The highest BCUT2D eigenvalue weighted by molar-refractivity contribution is 6.30. The van der Waals surface area contributed by atoms with E-state index in [0.29, 0.717) is 36.5 Å². The zero-order valence-electron chi connectivity index (χ0n) is 10.0. The van der Waals surface area contributed by atoms with Crippen LogP contribution in [0.25, 0.3) is 0 Å². The molecule has 0 aliphatic carbocycles. The first-order valence-electron chi connectivity index (χ1n) is 5.98. The summed E-state index contributed by atoms with van der Waals surface area (Å²) < 4.78 is 13.9. The van der Waals surface area contributed by atoms with Gasteiger partial charge in [0.15, 0.2) is 0 Å². The predicted octanol–water partition coefficient (Wildman–Crippen LogP) is 2.24. The minimum atomic E-state index is -1.31. The summed E-state index contributed by atoms with van der Waals surface area (Å²) in [5, 5.41) is 0.527. The van der Waals surface area contributed by atoms with Crippen LogP contribution in [0.4, 0.5) is 4.39 Å². The number of carbonyl (C=O) groups is 1. The van der Waals surface area contributed by atoms with Crippen LogP contribution in [0, 0.1) is 0 Å². The summed E-state index contributed by atoms with van der Waals surface area (Å²) >= 11 is 5.85. The molecular formula is C13H16ClFN2O. The molecule has 98 valence electrons. The topological polar surface area (TPSA) is 46.3 Å². The number of nitrogens with two attached hydrogens (primary N) is 1. The van der Waals surface area contributed by atoms with Crippen molar-refractivity contribution in [2.45, 2.75) is 18.5 Å². The Balaban J connectivity index is 2.04. The molecule has 1 fully saturated rings. The van der Waals surface area contributed by atoms with Gasteiger partial charge in [-0.1, -0.05) is 17.7 Å². The van der Waals surface area contributed by atoms with Gasteiger partial charge in [-0.3, -0.25) is 4.79 Å². The summed E-state index contributed by atoms with van der Waals surface area (Å²) in [6.45, 7) is 0.824. The molecule has 5 heteroatoms. The molecule has 0 aromatic heterocycles. The van der Waals surface area contributed by atoms with E-state index < -0.39 is 5.67 Å². The van der Waals surface area contributed by atoms with Crippen molar-refractivity contribution in [2.75, 3.05) is 19.6 Å². The van der Waals surface area contributed by atoms with Gasteiger partial charge < -0.3 is 10.6 Å². The maximum Gasteiger partial charge on any atom is 0.253 e.